The van der Waals surface area contributed by atoms with Gasteiger partial charge in [-0.05, 0) is 38.3 Å². The van der Waals surface area contributed by atoms with E-state index in [-0.39, 0.29) is 17.9 Å². The van der Waals surface area contributed by atoms with E-state index in [1.165, 1.54) is 0 Å². The second-order valence-electron chi connectivity index (χ2n) is 5.03. The van der Waals surface area contributed by atoms with Crippen LogP contribution in [0.25, 0.3) is 0 Å². The van der Waals surface area contributed by atoms with Gasteiger partial charge in [-0.1, -0.05) is 6.92 Å². The SMILES string of the molecule is CCC1CCC(C)N1c1cc(C(F)(F)F)cc(N)n1. The fourth-order valence-electron chi connectivity index (χ4n) is 2.72. The van der Waals surface area contributed by atoms with Gasteiger partial charge in [-0.2, -0.15) is 13.2 Å². The van der Waals surface area contributed by atoms with Crippen molar-refractivity contribution in [3.8, 4) is 0 Å². The van der Waals surface area contributed by atoms with Crippen molar-refractivity contribution in [3.05, 3.63) is 17.7 Å². The normalized spacial score (nSPS) is 23.9. The molecule has 1 saturated heterocycles. The third-order valence-electron chi connectivity index (χ3n) is 3.68. The van der Waals surface area contributed by atoms with Gasteiger partial charge in [-0.3, -0.25) is 0 Å². The van der Waals surface area contributed by atoms with Crippen molar-refractivity contribution in [3.63, 3.8) is 0 Å². The average Bonchev–Trinajstić information content (AvgIpc) is 2.68. The topological polar surface area (TPSA) is 42.1 Å². The van der Waals surface area contributed by atoms with Crippen molar-refractivity contribution in [1.29, 1.82) is 0 Å². The van der Waals surface area contributed by atoms with Gasteiger partial charge in [0.05, 0.1) is 5.56 Å². The van der Waals surface area contributed by atoms with E-state index in [0.29, 0.717) is 5.82 Å². The number of alkyl halides is 3. The van der Waals surface area contributed by atoms with Crippen LogP contribution in [0.15, 0.2) is 12.1 Å². The van der Waals surface area contributed by atoms with Crippen molar-refractivity contribution in [2.75, 3.05) is 10.6 Å². The number of halogens is 3. The molecule has 2 unspecified atom stereocenters. The van der Waals surface area contributed by atoms with Gasteiger partial charge in [0, 0.05) is 12.1 Å². The van der Waals surface area contributed by atoms with Crippen LogP contribution in [0.5, 0.6) is 0 Å². The average molecular weight is 273 g/mol. The Morgan fingerprint density at radius 2 is 2.05 bits per heavy atom. The summed E-state index contributed by atoms with van der Waals surface area (Å²) in [4.78, 5) is 6.05. The summed E-state index contributed by atoms with van der Waals surface area (Å²) in [6, 6.07) is 2.41. The molecule has 0 bridgehead atoms. The smallest absolute Gasteiger partial charge is 0.384 e. The van der Waals surface area contributed by atoms with Crippen molar-refractivity contribution in [1.82, 2.24) is 4.98 Å². The molecule has 0 saturated carbocycles. The highest BCUT2D eigenvalue weighted by atomic mass is 19.4. The van der Waals surface area contributed by atoms with E-state index in [0.717, 1.165) is 31.4 Å². The van der Waals surface area contributed by atoms with Crippen molar-refractivity contribution in [2.45, 2.75) is 51.4 Å². The summed E-state index contributed by atoms with van der Waals surface area (Å²) in [6.45, 7) is 4.04. The van der Waals surface area contributed by atoms with Crippen LogP contribution in [0.3, 0.4) is 0 Å². The molecule has 6 heteroatoms. The molecule has 19 heavy (non-hydrogen) atoms. The molecule has 3 nitrogen and oxygen atoms in total. The quantitative estimate of drug-likeness (QED) is 0.897. The molecule has 1 fully saturated rings. The first-order valence-electron chi connectivity index (χ1n) is 6.46. The van der Waals surface area contributed by atoms with Crippen molar-refractivity contribution < 1.29 is 13.2 Å². The zero-order valence-electron chi connectivity index (χ0n) is 11.0. The van der Waals surface area contributed by atoms with E-state index in [1.54, 1.807) is 0 Å². The predicted octanol–water partition coefficient (Wildman–Crippen LogP) is 3.45. The standard InChI is InChI=1S/C13H18F3N3/c1-3-10-5-4-8(2)19(10)12-7-9(13(14,15)16)6-11(17)18-12/h6-8,10H,3-5H2,1-2H3,(H2,17,18). The lowest BCUT2D eigenvalue weighted by atomic mass is 10.1. The fraction of sp³-hybridized carbons (Fsp3) is 0.615. The minimum atomic E-state index is -4.39. The van der Waals surface area contributed by atoms with E-state index in [1.807, 2.05) is 18.7 Å². The molecule has 2 heterocycles. The third-order valence-corrected chi connectivity index (χ3v) is 3.68. The number of hydrogen-bond donors (Lipinski definition) is 1. The largest absolute Gasteiger partial charge is 0.416 e. The molecule has 0 radical (unpaired) electrons. The highest BCUT2D eigenvalue weighted by Crippen LogP contribution is 2.36. The molecule has 106 valence electrons. The van der Waals surface area contributed by atoms with Crippen LogP contribution in [0.4, 0.5) is 24.8 Å². The van der Waals surface area contributed by atoms with Crippen LogP contribution >= 0.6 is 0 Å². The Labute approximate surface area is 110 Å². The van der Waals surface area contributed by atoms with Crippen LogP contribution in [0.1, 0.15) is 38.7 Å². The summed E-state index contributed by atoms with van der Waals surface area (Å²) in [5.41, 5.74) is 4.79. The van der Waals surface area contributed by atoms with Gasteiger partial charge in [0.2, 0.25) is 0 Å². The monoisotopic (exact) mass is 273 g/mol. The lowest BCUT2D eigenvalue weighted by Crippen LogP contribution is -2.35. The maximum absolute atomic E-state index is 12.8. The van der Waals surface area contributed by atoms with Gasteiger partial charge < -0.3 is 10.6 Å². The van der Waals surface area contributed by atoms with E-state index in [9.17, 15) is 13.2 Å². The first kappa shape index (κ1) is 14.0. The molecule has 1 aliphatic rings. The Morgan fingerprint density at radius 1 is 1.37 bits per heavy atom. The summed E-state index contributed by atoms with van der Waals surface area (Å²) in [6.07, 6.45) is -1.55. The summed E-state index contributed by atoms with van der Waals surface area (Å²) in [7, 11) is 0. The van der Waals surface area contributed by atoms with E-state index >= 15 is 0 Å². The third kappa shape index (κ3) is 2.77. The first-order chi connectivity index (χ1) is 8.82. The number of rotatable bonds is 2. The summed E-state index contributed by atoms with van der Waals surface area (Å²) in [5.74, 6) is 0.253. The first-order valence-corrected chi connectivity index (χ1v) is 6.46. The minimum Gasteiger partial charge on any atom is -0.384 e. The summed E-state index contributed by atoms with van der Waals surface area (Å²) in [5, 5.41) is 0. The maximum atomic E-state index is 12.8. The molecule has 1 aromatic heterocycles. The second-order valence-corrected chi connectivity index (χ2v) is 5.03. The molecule has 2 rings (SSSR count). The number of nitrogens with zero attached hydrogens (tertiary/aromatic N) is 2. The molecular weight excluding hydrogens is 255 g/mol. The molecule has 2 atom stereocenters. The summed E-state index contributed by atoms with van der Waals surface area (Å²) < 4.78 is 38.4. The number of nitrogen functional groups attached to an aromatic ring is 1. The van der Waals surface area contributed by atoms with E-state index in [4.69, 9.17) is 5.73 Å². The Morgan fingerprint density at radius 3 is 2.63 bits per heavy atom. The Bertz CT molecular complexity index is 459. The van der Waals surface area contributed by atoms with Crippen LogP contribution in [0.2, 0.25) is 0 Å². The molecule has 0 aromatic carbocycles. The molecule has 1 aliphatic heterocycles. The van der Waals surface area contributed by atoms with Crippen LogP contribution in [-0.2, 0) is 6.18 Å². The van der Waals surface area contributed by atoms with Crippen LogP contribution in [-0.4, -0.2) is 17.1 Å². The zero-order chi connectivity index (χ0) is 14.2. The van der Waals surface area contributed by atoms with E-state index in [2.05, 4.69) is 4.98 Å². The summed E-state index contributed by atoms with van der Waals surface area (Å²) >= 11 is 0. The lowest BCUT2D eigenvalue weighted by molar-refractivity contribution is -0.137. The number of hydrogen-bond acceptors (Lipinski definition) is 3. The maximum Gasteiger partial charge on any atom is 0.416 e. The highest BCUT2D eigenvalue weighted by Gasteiger charge is 2.35. The Kier molecular flexibility index (Phi) is 3.60. The van der Waals surface area contributed by atoms with Gasteiger partial charge in [0.25, 0.3) is 0 Å². The van der Waals surface area contributed by atoms with Crippen molar-refractivity contribution in [2.24, 2.45) is 0 Å². The lowest BCUT2D eigenvalue weighted by Gasteiger charge is -2.29. The molecule has 0 amide bonds. The van der Waals surface area contributed by atoms with Crippen LogP contribution in [0, 0.1) is 0 Å². The zero-order valence-corrected chi connectivity index (χ0v) is 11.0. The molecule has 1 aromatic rings. The van der Waals surface area contributed by atoms with E-state index < -0.39 is 11.7 Å². The highest BCUT2D eigenvalue weighted by molar-refractivity contribution is 5.51. The molecule has 0 spiro atoms. The predicted molar refractivity (Wildman–Crippen MR) is 68.9 cm³/mol. The Balaban J connectivity index is 2.42. The van der Waals surface area contributed by atoms with Gasteiger partial charge in [0.15, 0.2) is 0 Å². The molecule has 0 aliphatic carbocycles. The van der Waals surface area contributed by atoms with Gasteiger partial charge >= 0.3 is 6.18 Å². The molecule has 2 N–H and O–H groups in total. The van der Waals surface area contributed by atoms with Crippen LogP contribution < -0.4 is 10.6 Å². The van der Waals surface area contributed by atoms with Gasteiger partial charge in [-0.25, -0.2) is 4.98 Å². The second kappa shape index (κ2) is 4.90. The Hall–Kier alpha value is -1.46. The number of anilines is 2. The minimum absolute atomic E-state index is 0.0845. The van der Waals surface area contributed by atoms with Gasteiger partial charge in [0.1, 0.15) is 11.6 Å². The number of aromatic nitrogens is 1. The number of nitrogens with two attached hydrogens (primary N) is 1. The fourth-order valence-corrected chi connectivity index (χ4v) is 2.72. The van der Waals surface area contributed by atoms with Crippen molar-refractivity contribution >= 4 is 11.6 Å². The molecular formula is C13H18F3N3. The number of pyridine rings is 1. The van der Waals surface area contributed by atoms with Gasteiger partial charge in [-0.15, -0.1) is 0 Å².